The van der Waals surface area contributed by atoms with Gasteiger partial charge >= 0.3 is 6.09 Å². The summed E-state index contributed by atoms with van der Waals surface area (Å²) in [6.45, 7) is 5.90. The zero-order valence-electron chi connectivity index (χ0n) is 23.4. The molecule has 0 aliphatic carbocycles. The van der Waals surface area contributed by atoms with E-state index in [1.807, 2.05) is 80.7 Å². The number of benzene rings is 2. The van der Waals surface area contributed by atoms with E-state index in [1.54, 1.807) is 24.5 Å². The molecule has 1 saturated heterocycles. The summed E-state index contributed by atoms with van der Waals surface area (Å²) in [5.41, 5.74) is 3.43. The van der Waals surface area contributed by atoms with Gasteiger partial charge in [-0.15, -0.1) is 23.1 Å². The first-order valence-corrected chi connectivity index (χ1v) is 15.3. The van der Waals surface area contributed by atoms with Gasteiger partial charge in [-0.05, 0) is 56.2 Å². The monoisotopic (exact) mass is 601 g/mol. The summed E-state index contributed by atoms with van der Waals surface area (Å²) < 4.78 is 5.65. The van der Waals surface area contributed by atoms with E-state index in [0.717, 1.165) is 16.7 Å². The first-order chi connectivity index (χ1) is 20.2. The number of hydrogen-bond donors (Lipinski definition) is 2. The zero-order chi connectivity index (χ0) is 29.7. The summed E-state index contributed by atoms with van der Waals surface area (Å²) in [6.07, 6.45) is 2.76. The highest BCUT2D eigenvalue weighted by Crippen LogP contribution is 2.42. The van der Waals surface area contributed by atoms with Gasteiger partial charge in [0.05, 0.1) is 5.69 Å². The third-order valence-corrected chi connectivity index (χ3v) is 8.46. The van der Waals surface area contributed by atoms with Crippen molar-refractivity contribution in [2.24, 2.45) is 0 Å². The number of ether oxygens (including phenoxy) is 1. The second-order valence-electron chi connectivity index (χ2n) is 10.7. The molecule has 216 valence electrons. The number of thiazole rings is 1. The number of anilines is 1. The molecule has 0 saturated carbocycles. The van der Waals surface area contributed by atoms with Crippen LogP contribution in [0.1, 0.15) is 47.6 Å². The largest absolute Gasteiger partial charge is 0.444 e. The van der Waals surface area contributed by atoms with Crippen LogP contribution in [0.5, 0.6) is 0 Å². The fraction of sp³-hybridized carbons (Fsp3) is 0.258. The van der Waals surface area contributed by atoms with E-state index in [1.165, 1.54) is 28.0 Å². The number of thioether (sulfide) groups is 1. The molecule has 3 heterocycles. The molecule has 2 unspecified atom stereocenters. The van der Waals surface area contributed by atoms with Crippen molar-refractivity contribution in [3.63, 3.8) is 0 Å². The number of carbonyl (C=O) groups is 3. The fourth-order valence-electron chi connectivity index (χ4n) is 4.37. The number of aromatic nitrogens is 2. The Balaban J connectivity index is 1.28. The molecule has 0 bridgehead atoms. The van der Waals surface area contributed by atoms with E-state index in [0.29, 0.717) is 22.1 Å². The van der Waals surface area contributed by atoms with E-state index >= 15 is 0 Å². The summed E-state index contributed by atoms with van der Waals surface area (Å²) in [6, 6.07) is 19.5. The van der Waals surface area contributed by atoms with Gasteiger partial charge in [-0.2, -0.15) is 0 Å². The smallest absolute Gasteiger partial charge is 0.412 e. The highest BCUT2D eigenvalue weighted by Gasteiger charge is 2.43. The number of pyridine rings is 1. The Kier molecular flexibility index (Phi) is 8.89. The Bertz CT molecular complexity index is 1540. The first kappa shape index (κ1) is 29.3. The molecule has 4 aromatic rings. The number of hydrogen-bond acceptors (Lipinski definition) is 8. The predicted molar refractivity (Wildman–Crippen MR) is 165 cm³/mol. The van der Waals surface area contributed by atoms with Crippen LogP contribution in [0, 0.1) is 0 Å². The number of rotatable bonds is 7. The maximum atomic E-state index is 13.5. The third-order valence-electron chi connectivity index (χ3n) is 6.38. The summed E-state index contributed by atoms with van der Waals surface area (Å²) in [5, 5.41) is 7.70. The highest BCUT2D eigenvalue weighted by atomic mass is 32.2. The lowest BCUT2D eigenvalue weighted by atomic mass is 10.1. The molecule has 2 aromatic carbocycles. The van der Waals surface area contributed by atoms with Crippen molar-refractivity contribution in [2.45, 2.75) is 44.3 Å². The van der Waals surface area contributed by atoms with E-state index in [-0.39, 0.29) is 24.0 Å². The van der Waals surface area contributed by atoms with Crippen molar-refractivity contribution < 1.29 is 19.1 Å². The summed E-state index contributed by atoms with van der Waals surface area (Å²) in [5.74, 6) is -0.0901. The van der Waals surface area contributed by atoms with E-state index < -0.39 is 17.5 Å². The van der Waals surface area contributed by atoms with Crippen LogP contribution in [0.3, 0.4) is 0 Å². The molecule has 9 nitrogen and oxygen atoms in total. The lowest BCUT2D eigenvalue weighted by molar-refractivity contribution is -0.120. The van der Waals surface area contributed by atoms with Crippen molar-refractivity contribution in [1.82, 2.24) is 20.2 Å². The van der Waals surface area contributed by atoms with Crippen LogP contribution in [-0.4, -0.2) is 50.1 Å². The molecular weight excluding hydrogens is 571 g/mol. The van der Waals surface area contributed by atoms with Gasteiger partial charge in [-0.25, -0.2) is 9.78 Å². The molecule has 1 fully saturated rings. The van der Waals surface area contributed by atoms with Gasteiger partial charge in [-0.3, -0.25) is 19.5 Å². The Morgan fingerprint density at radius 2 is 1.71 bits per heavy atom. The quantitative estimate of drug-likeness (QED) is 0.262. The van der Waals surface area contributed by atoms with Crippen molar-refractivity contribution in [2.75, 3.05) is 11.1 Å². The average Bonchev–Trinajstić information content (AvgIpc) is 3.64. The first-order valence-electron chi connectivity index (χ1n) is 13.4. The van der Waals surface area contributed by atoms with Crippen LogP contribution in [0.2, 0.25) is 0 Å². The molecule has 2 aromatic heterocycles. The van der Waals surface area contributed by atoms with E-state index in [2.05, 4.69) is 20.6 Å². The average molecular weight is 602 g/mol. The maximum absolute atomic E-state index is 13.5. The van der Waals surface area contributed by atoms with Crippen LogP contribution < -0.4 is 10.6 Å². The van der Waals surface area contributed by atoms with Gasteiger partial charge in [-0.1, -0.05) is 42.5 Å². The molecule has 1 aliphatic heterocycles. The van der Waals surface area contributed by atoms with Gasteiger partial charge in [0.25, 0.3) is 5.91 Å². The predicted octanol–water partition coefficient (Wildman–Crippen LogP) is 6.12. The van der Waals surface area contributed by atoms with Crippen LogP contribution in [0.15, 0.2) is 84.5 Å². The summed E-state index contributed by atoms with van der Waals surface area (Å²) in [4.78, 5) is 49.5. The van der Waals surface area contributed by atoms with Gasteiger partial charge in [0.1, 0.15) is 18.0 Å². The molecule has 42 heavy (non-hydrogen) atoms. The van der Waals surface area contributed by atoms with Crippen molar-refractivity contribution in [3.05, 3.63) is 101 Å². The number of amides is 3. The molecule has 0 radical (unpaired) electrons. The minimum Gasteiger partial charge on any atom is -0.444 e. The number of carbonyl (C=O) groups excluding carboxylic acids is 3. The normalized spacial score (nSPS) is 16.6. The molecule has 2 N–H and O–H groups in total. The van der Waals surface area contributed by atoms with Gasteiger partial charge in [0.2, 0.25) is 5.91 Å². The summed E-state index contributed by atoms with van der Waals surface area (Å²) in [7, 11) is 0. The van der Waals surface area contributed by atoms with E-state index in [4.69, 9.17) is 4.74 Å². The maximum Gasteiger partial charge on any atom is 0.412 e. The summed E-state index contributed by atoms with van der Waals surface area (Å²) >= 11 is 2.79. The van der Waals surface area contributed by atoms with Crippen LogP contribution in [-0.2, 0) is 16.1 Å². The van der Waals surface area contributed by atoms with Crippen molar-refractivity contribution >= 4 is 46.1 Å². The number of nitrogens with one attached hydrogen (secondary N) is 2. The molecule has 5 rings (SSSR count). The number of nitrogens with zero attached hydrogens (tertiary/aromatic N) is 3. The van der Waals surface area contributed by atoms with Crippen LogP contribution >= 0.6 is 23.1 Å². The third kappa shape index (κ3) is 7.15. The second-order valence-corrected chi connectivity index (χ2v) is 12.7. The Morgan fingerprint density at radius 1 is 1.00 bits per heavy atom. The topological polar surface area (TPSA) is 114 Å². The Labute approximate surface area is 252 Å². The minimum atomic E-state index is -0.760. The molecule has 0 spiro atoms. The minimum absolute atomic E-state index is 0.102. The fourth-order valence-corrected chi connectivity index (χ4v) is 6.51. The standard InChI is InChI=1S/C31H31N5O4S2/c1-31(2,3)35-26(37)22-11-9-21(10-12-22)24-18-42-29(33-24)34-27(38)25-19-41-28(23-13-15-32-16-14-23)36(25)30(39)40-17-20-7-5-4-6-8-20/h4-16,18,25,28H,17,19H2,1-3H3,(H,35,37)(H,33,34,38). The van der Waals surface area contributed by atoms with Gasteiger partial charge in [0, 0.05) is 40.2 Å². The highest BCUT2D eigenvalue weighted by molar-refractivity contribution is 7.99. The van der Waals surface area contributed by atoms with Crippen LogP contribution in [0.25, 0.3) is 11.3 Å². The Hall–Kier alpha value is -4.22. The molecular formula is C31H31N5O4S2. The molecule has 11 heteroatoms. The molecule has 1 aliphatic rings. The molecule has 3 amide bonds. The van der Waals surface area contributed by atoms with Crippen molar-refractivity contribution in [3.8, 4) is 11.3 Å². The lowest BCUT2D eigenvalue weighted by Crippen LogP contribution is -2.45. The SMILES string of the molecule is CC(C)(C)NC(=O)c1ccc(-c2csc(NC(=O)C3CSC(c4ccncc4)N3C(=O)OCc3ccccc3)n2)cc1. The van der Waals surface area contributed by atoms with Gasteiger partial charge < -0.3 is 15.4 Å². The second kappa shape index (κ2) is 12.7. The van der Waals surface area contributed by atoms with Crippen LogP contribution in [0.4, 0.5) is 9.93 Å². The van der Waals surface area contributed by atoms with Crippen molar-refractivity contribution in [1.29, 1.82) is 0 Å². The van der Waals surface area contributed by atoms with E-state index in [9.17, 15) is 14.4 Å². The molecule has 2 atom stereocenters. The van der Waals surface area contributed by atoms with Gasteiger partial charge in [0.15, 0.2) is 5.13 Å². The zero-order valence-corrected chi connectivity index (χ0v) is 25.1. The Morgan fingerprint density at radius 3 is 2.40 bits per heavy atom. The lowest BCUT2D eigenvalue weighted by Gasteiger charge is -2.28.